The Morgan fingerprint density at radius 2 is 1.89 bits per heavy atom. The van der Waals surface area contributed by atoms with Crippen molar-refractivity contribution in [1.82, 2.24) is 15.5 Å². The van der Waals surface area contributed by atoms with Crippen LogP contribution in [0.15, 0.2) is 41.8 Å². The van der Waals surface area contributed by atoms with Gasteiger partial charge in [0.25, 0.3) is 5.91 Å². The van der Waals surface area contributed by atoms with Gasteiger partial charge in [-0.05, 0) is 54.8 Å². The van der Waals surface area contributed by atoms with E-state index >= 15 is 0 Å². The van der Waals surface area contributed by atoms with Gasteiger partial charge in [-0.25, -0.2) is 4.79 Å². The van der Waals surface area contributed by atoms with Crippen molar-refractivity contribution in [3.63, 3.8) is 0 Å². The molecule has 184 valence electrons. The molecule has 1 fully saturated rings. The van der Waals surface area contributed by atoms with E-state index in [0.29, 0.717) is 35.9 Å². The van der Waals surface area contributed by atoms with E-state index in [-0.39, 0.29) is 11.7 Å². The van der Waals surface area contributed by atoms with E-state index in [1.165, 1.54) is 11.3 Å². The molecule has 0 saturated heterocycles. The molecule has 2 heterocycles. The number of primary amides is 1. The third kappa shape index (κ3) is 7.43. The Morgan fingerprint density at radius 3 is 2.57 bits per heavy atom. The third-order valence-corrected chi connectivity index (χ3v) is 7.77. The molecular formula is C25H28N4O4S2. The van der Waals surface area contributed by atoms with Crippen LogP contribution >= 0.6 is 22.7 Å². The van der Waals surface area contributed by atoms with Crippen molar-refractivity contribution in [3.05, 3.63) is 67.8 Å². The highest BCUT2D eigenvalue weighted by Gasteiger charge is 2.28. The second kappa shape index (κ2) is 12.0. The molecule has 35 heavy (non-hydrogen) atoms. The fraction of sp³-hybridized carbons (Fsp3) is 0.400. The van der Waals surface area contributed by atoms with Gasteiger partial charge in [0.2, 0.25) is 0 Å². The van der Waals surface area contributed by atoms with Gasteiger partial charge in [0.1, 0.15) is 11.1 Å². The Hall–Kier alpha value is -3.11. The lowest BCUT2D eigenvalue weighted by atomic mass is 10.0. The van der Waals surface area contributed by atoms with Crippen molar-refractivity contribution >= 4 is 40.5 Å². The van der Waals surface area contributed by atoms with Crippen LogP contribution in [0.5, 0.6) is 0 Å². The number of hydrogen-bond acceptors (Lipinski definition) is 8. The smallest absolute Gasteiger partial charge is 0.405 e. The first-order chi connectivity index (χ1) is 17.0. The van der Waals surface area contributed by atoms with Gasteiger partial charge in [-0.2, -0.15) is 0 Å². The van der Waals surface area contributed by atoms with Gasteiger partial charge in [0.15, 0.2) is 10.8 Å². The molecule has 10 heteroatoms. The quantitative estimate of drug-likeness (QED) is 0.244. The van der Waals surface area contributed by atoms with Crippen molar-refractivity contribution in [2.45, 2.75) is 57.0 Å². The van der Waals surface area contributed by atoms with E-state index in [1.807, 2.05) is 17.5 Å². The van der Waals surface area contributed by atoms with Crippen LogP contribution in [-0.2, 0) is 11.2 Å². The summed E-state index contributed by atoms with van der Waals surface area (Å²) in [6, 6.07) is 10.9. The molecule has 1 atom stereocenters. The molecule has 1 aromatic carbocycles. The number of thiophene rings is 1. The van der Waals surface area contributed by atoms with Crippen LogP contribution in [0.3, 0.4) is 0 Å². The number of nitrogens with zero attached hydrogens (tertiary/aromatic N) is 2. The number of ketones is 1. The topological polar surface area (TPSA) is 124 Å². The van der Waals surface area contributed by atoms with E-state index < -0.39 is 12.2 Å². The fourth-order valence-corrected chi connectivity index (χ4v) is 5.39. The summed E-state index contributed by atoms with van der Waals surface area (Å²) in [5.41, 5.74) is 6.55. The molecule has 1 aliphatic rings. The van der Waals surface area contributed by atoms with E-state index in [2.05, 4.69) is 15.5 Å². The number of unbranched alkanes of at least 4 members (excludes halogenated alkanes) is 2. The van der Waals surface area contributed by atoms with E-state index in [0.717, 1.165) is 47.6 Å². The first-order valence-electron chi connectivity index (χ1n) is 11.7. The summed E-state index contributed by atoms with van der Waals surface area (Å²) >= 11 is 3.01. The van der Waals surface area contributed by atoms with E-state index in [4.69, 9.17) is 10.5 Å². The molecule has 3 N–H and O–H groups in total. The number of Topliss-reactive ketones (excluding diaryl/α,β-unsaturated/α-hetero) is 1. The third-order valence-electron chi connectivity index (χ3n) is 5.74. The van der Waals surface area contributed by atoms with Crippen LogP contribution in [0, 0.1) is 0 Å². The lowest BCUT2D eigenvalue weighted by molar-refractivity contribution is 0.0946. The Kier molecular flexibility index (Phi) is 8.59. The molecule has 1 saturated carbocycles. The van der Waals surface area contributed by atoms with Crippen LogP contribution in [0.25, 0.3) is 0 Å². The second-order valence-corrected chi connectivity index (χ2v) is 10.6. The van der Waals surface area contributed by atoms with Crippen LogP contribution in [0.4, 0.5) is 4.79 Å². The van der Waals surface area contributed by atoms with Crippen molar-refractivity contribution in [2.75, 3.05) is 6.54 Å². The molecule has 4 rings (SSSR count). The Labute approximate surface area is 211 Å². The van der Waals surface area contributed by atoms with Crippen LogP contribution < -0.4 is 11.1 Å². The zero-order valence-corrected chi connectivity index (χ0v) is 20.9. The van der Waals surface area contributed by atoms with Gasteiger partial charge in [-0.3, -0.25) is 9.59 Å². The monoisotopic (exact) mass is 512 g/mol. The van der Waals surface area contributed by atoms with Crippen molar-refractivity contribution in [1.29, 1.82) is 0 Å². The van der Waals surface area contributed by atoms with Crippen LogP contribution in [0.1, 0.15) is 86.2 Å². The summed E-state index contributed by atoms with van der Waals surface area (Å²) in [6.45, 7) is 0.533. The number of nitrogens with one attached hydrogen (secondary N) is 1. The van der Waals surface area contributed by atoms with Gasteiger partial charge < -0.3 is 15.8 Å². The number of amides is 2. The number of benzene rings is 1. The van der Waals surface area contributed by atoms with Gasteiger partial charge in [-0.15, -0.1) is 21.5 Å². The highest BCUT2D eigenvalue weighted by molar-refractivity contribution is 7.13. The van der Waals surface area contributed by atoms with Crippen molar-refractivity contribution in [2.24, 2.45) is 5.73 Å². The first-order valence-corrected chi connectivity index (χ1v) is 13.4. The predicted octanol–water partition coefficient (Wildman–Crippen LogP) is 5.03. The maximum absolute atomic E-state index is 12.5. The zero-order chi connectivity index (χ0) is 24.6. The lowest BCUT2D eigenvalue weighted by Gasteiger charge is -2.17. The fourth-order valence-electron chi connectivity index (χ4n) is 3.67. The molecule has 0 spiro atoms. The maximum Gasteiger partial charge on any atom is 0.405 e. The number of ether oxygens (including phenoxy) is 1. The highest BCUT2D eigenvalue weighted by Crippen LogP contribution is 2.41. The van der Waals surface area contributed by atoms with Gasteiger partial charge in [0.05, 0.1) is 0 Å². The van der Waals surface area contributed by atoms with Crippen molar-refractivity contribution in [3.8, 4) is 0 Å². The SMILES string of the molecule is NC(=O)OC(Cc1cccs1)c1ccc(C(=O)NCCCCCC(=O)c2nnc(C3CC3)s2)cc1. The molecule has 1 aliphatic carbocycles. The van der Waals surface area contributed by atoms with Gasteiger partial charge in [0, 0.05) is 35.7 Å². The largest absolute Gasteiger partial charge is 0.441 e. The Balaban J connectivity index is 1.17. The Morgan fingerprint density at radius 1 is 1.09 bits per heavy atom. The zero-order valence-electron chi connectivity index (χ0n) is 19.3. The number of rotatable bonds is 13. The number of carbonyl (C=O) groups is 3. The van der Waals surface area contributed by atoms with Crippen LogP contribution in [-0.4, -0.2) is 34.5 Å². The molecule has 8 nitrogen and oxygen atoms in total. The summed E-state index contributed by atoms with van der Waals surface area (Å²) in [5.74, 6) is 0.404. The summed E-state index contributed by atoms with van der Waals surface area (Å²) < 4.78 is 5.29. The first kappa shape index (κ1) is 25.0. The minimum atomic E-state index is -0.832. The predicted molar refractivity (Wildman–Crippen MR) is 135 cm³/mol. The minimum Gasteiger partial charge on any atom is -0.441 e. The molecule has 2 aromatic heterocycles. The minimum absolute atomic E-state index is 0.0521. The maximum atomic E-state index is 12.5. The highest BCUT2D eigenvalue weighted by atomic mass is 32.1. The van der Waals surface area contributed by atoms with Gasteiger partial charge in [-0.1, -0.05) is 36.0 Å². The summed E-state index contributed by atoms with van der Waals surface area (Å²) in [4.78, 5) is 37.1. The molecule has 2 amide bonds. The molecule has 0 radical (unpaired) electrons. The summed E-state index contributed by atoms with van der Waals surface area (Å²) in [7, 11) is 0. The van der Waals surface area contributed by atoms with E-state index in [9.17, 15) is 14.4 Å². The van der Waals surface area contributed by atoms with Gasteiger partial charge >= 0.3 is 6.09 Å². The second-order valence-electron chi connectivity index (χ2n) is 8.54. The number of nitrogens with two attached hydrogens (primary N) is 1. The lowest BCUT2D eigenvalue weighted by Crippen LogP contribution is -2.24. The summed E-state index contributed by atoms with van der Waals surface area (Å²) in [5, 5.41) is 14.5. The summed E-state index contributed by atoms with van der Waals surface area (Å²) in [6.07, 6.45) is 4.33. The van der Waals surface area contributed by atoms with Crippen LogP contribution in [0.2, 0.25) is 0 Å². The number of aromatic nitrogens is 2. The standard InChI is InChI=1S/C25H28N4O4S2/c26-25(32)33-21(15-19-5-4-14-34-19)16-7-9-17(10-8-16)22(31)27-13-3-1-2-6-20(30)24-29-28-23(35-24)18-11-12-18/h4-5,7-10,14,18,21H,1-3,6,11-13,15H2,(H2,26,32)(H,27,31). The van der Waals surface area contributed by atoms with E-state index in [1.54, 1.807) is 35.6 Å². The van der Waals surface area contributed by atoms with Crippen molar-refractivity contribution < 1.29 is 19.1 Å². The average molecular weight is 513 g/mol. The number of hydrogen-bond donors (Lipinski definition) is 2. The Bertz CT molecular complexity index is 1140. The molecular weight excluding hydrogens is 484 g/mol. The number of carbonyl (C=O) groups excluding carboxylic acids is 3. The normalized spacial score (nSPS) is 13.8. The molecule has 0 aliphatic heterocycles. The molecule has 3 aromatic rings. The molecule has 1 unspecified atom stereocenters. The molecule has 0 bridgehead atoms. The average Bonchev–Trinajstić information content (AvgIpc) is 3.35.